The summed E-state index contributed by atoms with van der Waals surface area (Å²) in [6.45, 7) is 9.29. The molecule has 0 amide bonds. The van der Waals surface area contributed by atoms with Crippen molar-refractivity contribution in [3.05, 3.63) is 29.8 Å². The van der Waals surface area contributed by atoms with E-state index in [0.717, 1.165) is 18.5 Å². The van der Waals surface area contributed by atoms with Crippen LogP contribution in [0.25, 0.3) is 0 Å². The van der Waals surface area contributed by atoms with Crippen LogP contribution in [0, 0.1) is 0 Å². The third kappa shape index (κ3) is 5.33. The van der Waals surface area contributed by atoms with Crippen LogP contribution in [0.2, 0.25) is 0 Å². The van der Waals surface area contributed by atoms with Gasteiger partial charge in [0.15, 0.2) is 0 Å². The Morgan fingerprint density at radius 2 is 1.95 bits per heavy atom. The zero-order valence-electron chi connectivity index (χ0n) is 12.5. The Bertz CT molecular complexity index is 407. The molecule has 0 fully saturated rings. The number of benzene rings is 1. The van der Waals surface area contributed by atoms with Gasteiger partial charge in [0.1, 0.15) is 6.54 Å². The van der Waals surface area contributed by atoms with Crippen molar-refractivity contribution in [1.82, 2.24) is 0 Å². The molecule has 1 N–H and O–H groups in total. The maximum Gasteiger partial charge on any atom is 0.325 e. The van der Waals surface area contributed by atoms with Gasteiger partial charge in [0.2, 0.25) is 0 Å². The maximum absolute atomic E-state index is 11.6. The van der Waals surface area contributed by atoms with Crippen molar-refractivity contribution in [2.75, 3.05) is 18.5 Å². The number of esters is 1. The molecular weight excluding hydrogens is 238 g/mol. The number of unbranched alkanes of at least 4 members (excludes halogenated alkanes) is 1. The van der Waals surface area contributed by atoms with Crippen LogP contribution >= 0.6 is 0 Å². The highest BCUT2D eigenvalue weighted by Gasteiger charge is 2.17. The zero-order valence-corrected chi connectivity index (χ0v) is 12.5. The van der Waals surface area contributed by atoms with Crippen molar-refractivity contribution in [3.63, 3.8) is 0 Å². The largest absolute Gasteiger partial charge is 0.464 e. The molecule has 0 spiro atoms. The highest BCUT2D eigenvalue weighted by molar-refractivity contribution is 5.75. The Labute approximate surface area is 116 Å². The second kappa shape index (κ2) is 7.17. The summed E-state index contributed by atoms with van der Waals surface area (Å²) in [6, 6.07) is 8.08. The summed E-state index contributed by atoms with van der Waals surface area (Å²) in [5.74, 6) is -0.197. The van der Waals surface area contributed by atoms with Crippen molar-refractivity contribution in [2.45, 2.75) is 46.0 Å². The van der Waals surface area contributed by atoms with Gasteiger partial charge in [0, 0.05) is 5.69 Å². The summed E-state index contributed by atoms with van der Waals surface area (Å²) in [7, 11) is 0. The van der Waals surface area contributed by atoms with Gasteiger partial charge in [-0.3, -0.25) is 4.79 Å². The van der Waals surface area contributed by atoms with Crippen LogP contribution in [0.4, 0.5) is 5.69 Å². The van der Waals surface area contributed by atoms with Crippen LogP contribution in [-0.4, -0.2) is 19.1 Å². The van der Waals surface area contributed by atoms with Gasteiger partial charge in [0.25, 0.3) is 0 Å². The lowest BCUT2D eigenvalue weighted by atomic mass is 9.86. The average molecular weight is 263 g/mol. The minimum atomic E-state index is -0.197. The number of carbonyl (C=O) groups is 1. The average Bonchev–Trinajstić information content (AvgIpc) is 2.36. The van der Waals surface area contributed by atoms with Crippen molar-refractivity contribution >= 4 is 11.7 Å². The first-order chi connectivity index (χ1) is 8.95. The molecule has 19 heavy (non-hydrogen) atoms. The van der Waals surface area contributed by atoms with Crippen LogP contribution < -0.4 is 5.32 Å². The molecule has 0 saturated carbocycles. The Morgan fingerprint density at radius 3 is 2.58 bits per heavy atom. The SMILES string of the molecule is CCCCOC(=O)CNc1ccccc1C(C)(C)C. The predicted molar refractivity (Wildman–Crippen MR) is 79.5 cm³/mol. The van der Waals surface area contributed by atoms with Crippen molar-refractivity contribution in [2.24, 2.45) is 0 Å². The van der Waals surface area contributed by atoms with Gasteiger partial charge in [-0.2, -0.15) is 0 Å². The molecule has 0 aliphatic carbocycles. The monoisotopic (exact) mass is 263 g/mol. The van der Waals surface area contributed by atoms with Crippen LogP contribution in [0.1, 0.15) is 46.1 Å². The van der Waals surface area contributed by atoms with Gasteiger partial charge in [-0.05, 0) is 23.5 Å². The number of nitrogens with one attached hydrogen (secondary N) is 1. The third-order valence-corrected chi connectivity index (χ3v) is 2.92. The van der Waals surface area contributed by atoms with Crippen LogP contribution in [0.15, 0.2) is 24.3 Å². The molecule has 3 nitrogen and oxygen atoms in total. The van der Waals surface area contributed by atoms with Crippen molar-refractivity contribution in [3.8, 4) is 0 Å². The van der Waals surface area contributed by atoms with E-state index >= 15 is 0 Å². The van der Waals surface area contributed by atoms with Crippen LogP contribution in [-0.2, 0) is 14.9 Å². The van der Waals surface area contributed by atoms with E-state index in [1.165, 1.54) is 5.56 Å². The first-order valence-electron chi connectivity index (χ1n) is 6.94. The van der Waals surface area contributed by atoms with E-state index in [9.17, 15) is 4.79 Å². The fraction of sp³-hybridized carbons (Fsp3) is 0.562. The Hall–Kier alpha value is -1.51. The number of para-hydroxylation sites is 1. The second-order valence-electron chi connectivity index (χ2n) is 5.72. The Morgan fingerprint density at radius 1 is 1.26 bits per heavy atom. The van der Waals surface area contributed by atoms with E-state index in [-0.39, 0.29) is 17.9 Å². The topological polar surface area (TPSA) is 38.3 Å². The smallest absolute Gasteiger partial charge is 0.325 e. The quantitative estimate of drug-likeness (QED) is 0.627. The number of rotatable bonds is 6. The molecule has 0 heterocycles. The molecule has 1 aromatic carbocycles. The van der Waals surface area contributed by atoms with E-state index in [0.29, 0.717) is 6.61 Å². The number of hydrogen-bond acceptors (Lipinski definition) is 3. The summed E-state index contributed by atoms with van der Waals surface area (Å²) in [4.78, 5) is 11.6. The molecule has 106 valence electrons. The number of carbonyl (C=O) groups excluding carboxylic acids is 1. The summed E-state index contributed by atoms with van der Waals surface area (Å²) in [6.07, 6.45) is 1.96. The molecule has 0 atom stereocenters. The summed E-state index contributed by atoms with van der Waals surface area (Å²) < 4.78 is 5.13. The molecule has 0 aliphatic heterocycles. The van der Waals surface area contributed by atoms with E-state index in [2.05, 4.69) is 39.1 Å². The van der Waals surface area contributed by atoms with Crippen LogP contribution in [0.3, 0.4) is 0 Å². The molecular formula is C16H25NO2. The number of anilines is 1. The van der Waals surface area contributed by atoms with Crippen molar-refractivity contribution < 1.29 is 9.53 Å². The first-order valence-corrected chi connectivity index (χ1v) is 6.94. The molecule has 3 heteroatoms. The molecule has 0 unspecified atom stereocenters. The highest BCUT2D eigenvalue weighted by Crippen LogP contribution is 2.28. The third-order valence-electron chi connectivity index (χ3n) is 2.92. The Balaban J connectivity index is 2.56. The van der Waals surface area contributed by atoms with Crippen LogP contribution in [0.5, 0.6) is 0 Å². The summed E-state index contributed by atoms with van der Waals surface area (Å²) >= 11 is 0. The molecule has 1 rings (SSSR count). The molecule has 0 aliphatic rings. The lowest BCUT2D eigenvalue weighted by Crippen LogP contribution is -2.20. The molecule has 0 radical (unpaired) electrons. The van der Waals surface area contributed by atoms with Gasteiger partial charge in [0.05, 0.1) is 6.61 Å². The van der Waals surface area contributed by atoms with Gasteiger partial charge in [-0.25, -0.2) is 0 Å². The standard InChI is InChI=1S/C16H25NO2/c1-5-6-11-19-15(18)12-17-14-10-8-7-9-13(14)16(2,3)4/h7-10,17H,5-6,11-12H2,1-4H3. The summed E-state index contributed by atoms with van der Waals surface area (Å²) in [5, 5.41) is 3.17. The zero-order chi connectivity index (χ0) is 14.3. The minimum Gasteiger partial charge on any atom is -0.464 e. The van der Waals surface area contributed by atoms with Gasteiger partial charge < -0.3 is 10.1 Å². The minimum absolute atomic E-state index is 0.0513. The molecule has 0 saturated heterocycles. The predicted octanol–water partition coefficient (Wildman–Crippen LogP) is 3.74. The lowest BCUT2D eigenvalue weighted by molar-refractivity contribution is -0.141. The van der Waals surface area contributed by atoms with Gasteiger partial charge in [-0.15, -0.1) is 0 Å². The van der Waals surface area contributed by atoms with E-state index in [1.807, 2.05) is 18.2 Å². The van der Waals surface area contributed by atoms with Gasteiger partial charge in [-0.1, -0.05) is 52.3 Å². The molecule has 0 bridgehead atoms. The number of hydrogen-bond donors (Lipinski definition) is 1. The number of ether oxygens (including phenoxy) is 1. The second-order valence-corrected chi connectivity index (χ2v) is 5.72. The lowest BCUT2D eigenvalue weighted by Gasteiger charge is -2.23. The highest BCUT2D eigenvalue weighted by atomic mass is 16.5. The van der Waals surface area contributed by atoms with E-state index in [1.54, 1.807) is 0 Å². The maximum atomic E-state index is 11.6. The molecule has 1 aromatic rings. The van der Waals surface area contributed by atoms with E-state index < -0.39 is 0 Å². The Kier molecular flexibility index (Phi) is 5.87. The summed E-state index contributed by atoms with van der Waals surface area (Å²) in [5.41, 5.74) is 2.26. The van der Waals surface area contributed by atoms with Crippen molar-refractivity contribution in [1.29, 1.82) is 0 Å². The molecule has 0 aromatic heterocycles. The normalized spacial score (nSPS) is 11.2. The van der Waals surface area contributed by atoms with Gasteiger partial charge >= 0.3 is 5.97 Å². The fourth-order valence-electron chi connectivity index (χ4n) is 1.84. The van der Waals surface area contributed by atoms with E-state index in [4.69, 9.17) is 4.74 Å². The first kappa shape index (κ1) is 15.5. The fourth-order valence-corrected chi connectivity index (χ4v) is 1.84.